The van der Waals surface area contributed by atoms with Gasteiger partial charge < -0.3 is 15.8 Å². The maximum absolute atomic E-state index is 10.9. The third kappa shape index (κ3) is 6.11. The monoisotopic (exact) mass is 295 g/mol. The molecule has 0 radical (unpaired) electrons. The van der Waals surface area contributed by atoms with E-state index in [9.17, 15) is 14.9 Å². The van der Waals surface area contributed by atoms with Crippen molar-refractivity contribution in [3.05, 3.63) is 28.3 Å². The first kappa shape index (κ1) is 16.7. The first-order valence-corrected chi connectivity index (χ1v) is 6.87. The Balaban J connectivity index is 2.63. The molecular weight excluding hydrogens is 274 g/mol. The summed E-state index contributed by atoms with van der Waals surface area (Å²) in [4.78, 5) is 21.1. The Bertz CT molecular complexity index is 503. The van der Waals surface area contributed by atoms with Gasteiger partial charge in [-0.25, -0.2) is 0 Å². The number of nitro groups is 1. The van der Waals surface area contributed by atoms with Crippen molar-refractivity contribution in [3.8, 4) is 5.75 Å². The fourth-order valence-corrected chi connectivity index (χ4v) is 1.78. The molecule has 0 aliphatic rings. The quantitative estimate of drug-likeness (QED) is 0.413. The van der Waals surface area contributed by atoms with E-state index in [1.54, 1.807) is 12.1 Å². The summed E-state index contributed by atoms with van der Waals surface area (Å²) in [5, 5.41) is 14.1. The lowest BCUT2D eigenvalue weighted by Gasteiger charge is -2.12. The van der Waals surface area contributed by atoms with Gasteiger partial charge in [-0.15, -0.1) is 0 Å². The van der Waals surface area contributed by atoms with Crippen LogP contribution in [0.25, 0.3) is 0 Å². The summed E-state index contributed by atoms with van der Waals surface area (Å²) in [6, 6.07) is 4.68. The van der Waals surface area contributed by atoms with E-state index in [1.165, 1.54) is 6.07 Å². The molecule has 1 rings (SSSR count). The van der Waals surface area contributed by atoms with Crippen molar-refractivity contribution in [2.45, 2.75) is 39.2 Å². The van der Waals surface area contributed by atoms with Crippen molar-refractivity contribution in [1.29, 1.82) is 0 Å². The molecule has 0 saturated heterocycles. The number of carbonyl (C=O) groups is 1. The number of hydrogen-bond acceptors (Lipinski definition) is 5. The molecule has 1 amide bonds. The molecule has 1 aromatic carbocycles. The highest BCUT2D eigenvalue weighted by molar-refractivity contribution is 5.73. The first-order chi connectivity index (χ1) is 9.90. The van der Waals surface area contributed by atoms with Crippen LogP contribution >= 0.6 is 0 Å². The average molecular weight is 295 g/mol. The molecule has 0 atom stereocenters. The number of unbranched alkanes of at least 4 members (excludes halogenated alkanes) is 1. The molecule has 0 unspecified atom stereocenters. The number of amides is 1. The second-order valence-electron chi connectivity index (χ2n) is 4.96. The van der Waals surface area contributed by atoms with Crippen LogP contribution < -0.4 is 15.8 Å². The highest BCUT2D eigenvalue weighted by Gasteiger charge is 2.16. The number of benzene rings is 1. The number of nitrogens with one attached hydrogen (secondary N) is 1. The van der Waals surface area contributed by atoms with Crippen molar-refractivity contribution in [2.75, 3.05) is 11.9 Å². The minimum absolute atomic E-state index is 0.0528. The molecule has 0 aromatic heterocycles. The summed E-state index contributed by atoms with van der Waals surface area (Å²) < 4.78 is 5.46. The van der Waals surface area contributed by atoms with E-state index in [-0.39, 0.29) is 23.4 Å². The molecule has 21 heavy (non-hydrogen) atoms. The number of nitrogens with two attached hydrogens (primary N) is 1. The number of ether oxygens (including phenoxy) is 1. The molecule has 0 heterocycles. The van der Waals surface area contributed by atoms with Gasteiger partial charge in [0.2, 0.25) is 5.91 Å². The summed E-state index contributed by atoms with van der Waals surface area (Å²) in [5.74, 6) is -0.0601. The molecule has 0 fully saturated rings. The Morgan fingerprint density at radius 3 is 2.71 bits per heavy atom. The van der Waals surface area contributed by atoms with Crippen LogP contribution in [0.15, 0.2) is 18.2 Å². The van der Waals surface area contributed by atoms with Gasteiger partial charge in [0.25, 0.3) is 0 Å². The number of rotatable bonds is 9. The van der Waals surface area contributed by atoms with Crippen LogP contribution in [-0.4, -0.2) is 23.5 Å². The molecule has 1 aromatic rings. The van der Waals surface area contributed by atoms with Crippen LogP contribution in [0, 0.1) is 10.1 Å². The zero-order chi connectivity index (χ0) is 15.8. The maximum Gasteiger partial charge on any atom is 0.311 e. The fraction of sp³-hybridized carbons (Fsp3) is 0.500. The molecule has 3 N–H and O–H groups in total. The number of anilines is 1. The topological polar surface area (TPSA) is 107 Å². The third-order valence-corrected chi connectivity index (χ3v) is 2.70. The molecule has 0 spiro atoms. The summed E-state index contributed by atoms with van der Waals surface area (Å²) in [6.45, 7) is 4.29. The Labute approximate surface area is 123 Å². The second kappa shape index (κ2) is 8.08. The SMILES string of the molecule is CC(C)Oc1cc(NCCCCC(N)=O)ccc1[N+](=O)[O-]. The van der Waals surface area contributed by atoms with Gasteiger partial charge in [-0.1, -0.05) is 0 Å². The predicted molar refractivity (Wildman–Crippen MR) is 80.4 cm³/mol. The zero-order valence-corrected chi connectivity index (χ0v) is 12.3. The van der Waals surface area contributed by atoms with Gasteiger partial charge >= 0.3 is 5.69 Å². The summed E-state index contributed by atoms with van der Waals surface area (Å²) in [5.41, 5.74) is 5.75. The minimum atomic E-state index is -0.464. The van der Waals surface area contributed by atoms with Crippen LogP contribution in [0.1, 0.15) is 33.1 Å². The van der Waals surface area contributed by atoms with E-state index < -0.39 is 4.92 Å². The van der Waals surface area contributed by atoms with Gasteiger partial charge in [-0.05, 0) is 32.8 Å². The summed E-state index contributed by atoms with van der Waals surface area (Å²) >= 11 is 0. The fourth-order valence-electron chi connectivity index (χ4n) is 1.78. The first-order valence-electron chi connectivity index (χ1n) is 6.87. The molecule has 0 saturated carbocycles. The minimum Gasteiger partial charge on any atom is -0.484 e. The number of nitrogens with zero attached hydrogens (tertiary/aromatic N) is 1. The van der Waals surface area contributed by atoms with Crippen LogP contribution in [0.3, 0.4) is 0 Å². The van der Waals surface area contributed by atoms with Gasteiger partial charge in [-0.2, -0.15) is 0 Å². The zero-order valence-electron chi connectivity index (χ0n) is 12.3. The largest absolute Gasteiger partial charge is 0.484 e. The van der Waals surface area contributed by atoms with E-state index in [0.717, 1.165) is 12.1 Å². The van der Waals surface area contributed by atoms with Crippen LogP contribution in [0.5, 0.6) is 5.75 Å². The van der Waals surface area contributed by atoms with E-state index >= 15 is 0 Å². The van der Waals surface area contributed by atoms with E-state index in [4.69, 9.17) is 10.5 Å². The Kier molecular flexibility index (Phi) is 6.45. The lowest BCUT2D eigenvalue weighted by Crippen LogP contribution is -2.11. The van der Waals surface area contributed by atoms with Crippen molar-refractivity contribution < 1.29 is 14.5 Å². The van der Waals surface area contributed by atoms with Crippen molar-refractivity contribution in [1.82, 2.24) is 0 Å². The van der Waals surface area contributed by atoms with Crippen molar-refractivity contribution in [2.24, 2.45) is 5.73 Å². The van der Waals surface area contributed by atoms with E-state index in [1.807, 2.05) is 13.8 Å². The molecule has 7 nitrogen and oxygen atoms in total. The summed E-state index contributed by atoms with van der Waals surface area (Å²) in [7, 11) is 0. The molecule has 7 heteroatoms. The smallest absolute Gasteiger partial charge is 0.311 e. The van der Waals surface area contributed by atoms with Crippen LogP contribution in [0.4, 0.5) is 11.4 Å². The maximum atomic E-state index is 10.9. The molecule has 0 aliphatic carbocycles. The standard InChI is InChI=1S/C14H21N3O4/c1-10(2)21-13-9-11(6-7-12(13)17(19)20)16-8-4-3-5-14(15)18/h6-7,9-10,16H,3-5,8H2,1-2H3,(H2,15,18). The Morgan fingerprint density at radius 1 is 1.43 bits per heavy atom. The summed E-state index contributed by atoms with van der Waals surface area (Å²) in [6.07, 6.45) is 1.73. The molecule has 0 bridgehead atoms. The lowest BCUT2D eigenvalue weighted by molar-refractivity contribution is -0.386. The van der Waals surface area contributed by atoms with E-state index in [0.29, 0.717) is 19.4 Å². The molecule has 0 aliphatic heterocycles. The number of hydrogen-bond donors (Lipinski definition) is 2. The van der Waals surface area contributed by atoms with Crippen LogP contribution in [0.2, 0.25) is 0 Å². The van der Waals surface area contributed by atoms with Crippen molar-refractivity contribution >= 4 is 17.3 Å². The van der Waals surface area contributed by atoms with Gasteiger partial charge in [0.05, 0.1) is 11.0 Å². The number of primary amides is 1. The lowest BCUT2D eigenvalue weighted by atomic mass is 10.2. The van der Waals surface area contributed by atoms with Gasteiger partial charge in [0, 0.05) is 30.8 Å². The highest BCUT2D eigenvalue weighted by atomic mass is 16.6. The molecule has 116 valence electrons. The predicted octanol–water partition coefficient (Wildman–Crippen LogP) is 2.45. The van der Waals surface area contributed by atoms with Crippen LogP contribution in [-0.2, 0) is 4.79 Å². The van der Waals surface area contributed by atoms with Gasteiger partial charge in [0.1, 0.15) is 0 Å². The third-order valence-electron chi connectivity index (χ3n) is 2.70. The number of carbonyl (C=O) groups excluding carboxylic acids is 1. The van der Waals surface area contributed by atoms with E-state index in [2.05, 4.69) is 5.32 Å². The molecular formula is C14H21N3O4. The van der Waals surface area contributed by atoms with Crippen molar-refractivity contribution in [3.63, 3.8) is 0 Å². The van der Waals surface area contributed by atoms with Gasteiger partial charge in [-0.3, -0.25) is 14.9 Å². The highest BCUT2D eigenvalue weighted by Crippen LogP contribution is 2.30. The average Bonchev–Trinajstić information content (AvgIpc) is 2.37. The Hall–Kier alpha value is -2.31. The normalized spacial score (nSPS) is 10.4. The van der Waals surface area contributed by atoms with Gasteiger partial charge in [0.15, 0.2) is 5.75 Å². The number of nitro benzene ring substituents is 1. The Morgan fingerprint density at radius 2 is 2.14 bits per heavy atom. The second-order valence-corrected chi connectivity index (χ2v) is 4.96.